The minimum atomic E-state index is -1.03. The zero-order valence-electron chi connectivity index (χ0n) is 12.6. The molecule has 0 fully saturated rings. The highest BCUT2D eigenvalue weighted by molar-refractivity contribution is 5.86. The number of ether oxygens (including phenoxy) is 1. The van der Waals surface area contributed by atoms with Gasteiger partial charge in [0.05, 0.1) is 5.69 Å². The van der Waals surface area contributed by atoms with Crippen molar-refractivity contribution in [2.45, 2.75) is 13.5 Å². The predicted molar refractivity (Wildman–Crippen MR) is 86.5 cm³/mol. The molecular weight excluding hydrogens is 292 g/mol. The van der Waals surface area contributed by atoms with Gasteiger partial charge in [-0.1, -0.05) is 42.5 Å². The molecule has 0 atom stereocenters. The Kier molecular flexibility index (Phi) is 4.10. The van der Waals surface area contributed by atoms with E-state index in [0.717, 1.165) is 22.4 Å². The molecule has 0 radical (unpaired) electrons. The van der Waals surface area contributed by atoms with Crippen LogP contribution in [0.5, 0.6) is 5.75 Å². The first-order valence-corrected chi connectivity index (χ1v) is 7.20. The first kappa shape index (κ1) is 14.8. The summed E-state index contributed by atoms with van der Waals surface area (Å²) in [6, 6.07) is 17.1. The molecule has 0 saturated heterocycles. The van der Waals surface area contributed by atoms with Crippen molar-refractivity contribution in [2.24, 2.45) is 0 Å². The highest BCUT2D eigenvalue weighted by Gasteiger charge is 2.11. The Labute approximate surface area is 133 Å². The molecule has 0 aliphatic heterocycles. The molecule has 2 aromatic carbocycles. The molecule has 5 heteroatoms. The zero-order valence-corrected chi connectivity index (χ0v) is 12.6. The molecule has 116 valence electrons. The molecule has 5 nitrogen and oxygen atoms in total. The average molecular weight is 308 g/mol. The Morgan fingerprint density at radius 1 is 1.17 bits per heavy atom. The van der Waals surface area contributed by atoms with E-state index in [-0.39, 0.29) is 5.69 Å². The number of hydrogen-bond acceptors (Lipinski definition) is 3. The summed E-state index contributed by atoms with van der Waals surface area (Å²) in [6.45, 7) is 2.45. The van der Waals surface area contributed by atoms with Crippen LogP contribution in [0.15, 0.2) is 54.6 Å². The van der Waals surface area contributed by atoms with E-state index in [2.05, 4.69) is 10.2 Å². The molecular formula is C18H16N2O3. The Hall–Kier alpha value is -3.08. The van der Waals surface area contributed by atoms with Crippen molar-refractivity contribution in [1.82, 2.24) is 10.2 Å². The third kappa shape index (κ3) is 3.40. The fraction of sp³-hybridized carbons (Fsp3) is 0.111. The smallest absolute Gasteiger partial charge is 0.353 e. The number of aryl methyl sites for hydroxylation is 1. The van der Waals surface area contributed by atoms with E-state index in [1.165, 1.54) is 6.07 Å². The van der Waals surface area contributed by atoms with Crippen molar-refractivity contribution in [2.75, 3.05) is 0 Å². The van der Waals surface area contributed by atoms with Gasteiger partial charge in [-0.25, -0.2) is 4.79 Å². The van der Waals surface area contributed by atoms with E-state index >= 15 is 0 Å². The van der Waals surface area contributed by atoms with Crippen molar-refractivity contribution >= 4 is 5.97 Å². The van der Waals surface area contributed by atoms with Crippen LogP contribution in [0.1, 0.15) is 21.6 Å². The summed E-state index contributed by atoms with van der Waals surface area (Å²) in [5.41, 5.74) is 3.55. The zero-order chi connectivity index (χ0) is 16.2. The number of aromatic amines is 1. The van der Waals surface area contributed by atoms with Crippen LogP contribution in [0.25, 0.3) is 11.3 Å². The summed E-state index contributed by atoms with van der Waals surface area (Å²) in [5, 5.41) is 15.5. The molecule has 2 N–H and O–H groups in total. The van der Waals surface area contributed by atoms with Gasteiger partial charge in [0.25, 0.3) is 0 Å². The summed E-state index contributed by atoms with van der Waals surface area (Å²) >= 11 is 0. The van der Waals surface area contributed by atoms with Gasteiger partial charge < -0.3 is 9.84 Å². The van der Waals surface area contributed by atoms with Gasteiger partial charge in [0.2, 0.25) is 0 Å². The normalized spacial score (nSPS) is 10.5. The van der Waals surface area contributed by atoms with Crippen LogP contribution in [0, 0.1) is 6.92 Å². The second kappa shape index (κ2) is 6.36. The van der Waals surface area contributed by atoms with Crippen LogP contribution in [-0.2, 0) is 6.61 Å². The van der Waals surface area contributed by atoms with Crippen LogP contribution in [0.2, 0.25) is 0 Å². The number of benzene rings is 2. The van der Waals surface area contributed by atoms with Gasteiger partial charge in [-0.05, 0) is 30.2 Å². The molecule has 0 aliphatic rings. The molecule has 0 bridgehead atoms. The van der Waals surface area contributed by atoms with Gasteiger partial charge in [-0.2, -0.15) is 5.10 Å². The number of carboxylic acids is 1. The molecule has 0 amide bonds. The minimum Gasteiger partial charge on any atom is -0.489 e. The number of H-pyrrole nitrogens is 1. The summed E-state index contributed by atoms with van der Waals surface area (Å²) in [4.78, 5) is 10.9. The topological polar surface area (TPSA) is 75.2 Å². The van der Waals surface area contributed by atoms with Crippen molar-refractivity contribution in [3.63, 3.8) is 0 Å². The number of hydrogen-bond donors (Lipinski definition) is 2. The number of nitrogens with one attached hydrogen (secondary N) is 1. The monoisotopic (exact) mass is 308 g/mol. The predicted octanol–water partition coefficient (Wildman–Crippen LogP) is 3.66. The molecule has 0 unspecified atom stereocenters. The van der Waals surface area contributed by atoms with E-state index in [1.807, 2.05) is 55.5 Å². The van der Waals surface area contributed by atoms with Crippen LogP contribution in [0.4, 0.5) is 0 Å². The SMILES string of the molecule is Cc1ccc(-c2cc(C(=O)O)[nH]n2)cc1OCc1ccccc1. The van der Waals surface area contributed by atoms with E-state index in [9.17, 15) is 4.79 Å². The van der Waals surface area contributed by atoms with Crippen LogP contribution in [-0.4, -0.2) is 21.3 Å². The highest BCUT2D eigenvalue weighted by atomic mass is 16.5. The third-order valence-electron chi connectivity index (χ3n) is 3.53. The molecule has 23 heavy (non-hydrogen) atoms. The summed E-state index contributed by atoms with van der Waals surface area (Å²) in [7, 11) is 0. The molecule has 0 aliphatic carbocycles. The average Bonchev–Trinajstić information content (AvgIpc) is 3.05. The van der Waals surface area contributed by atoms with E-state index in [1.54, 1.807) is 0 Å². The number of aromatic nitrogens is 2. The number of aromatic carboxylic acids is 1. The summed E-state index contributed by atoms with van der Waals surface area (Å²) in [5.74, 6) is -0.275. The fourth-order valence-corrected chi connectivity index (χ4v) is 2.23. The molecule has 1 heterocycles. The highest BCUT2D eigenvalue weighted by Crippen LogP contribution is 2.27. The second-order valence-electron chi connectivity index (χ2n) is 5.23. The quantitative estimate of drug-likeness (QED) is 0.754. The lowest BCUT2D eigenvalue weighted by molar-refractivity contribution is 0.0690. The first-order valence-electron chi connectivity index (χ1n) is 7.20. The van der Waals surface area contributed by atoms with Crippen LogP contribution < -0.4 is 4.74 Å². The summed E-state index contributed by atoms with van der Waals surface area (Å²) < 4.78 is 5.88. The molecule has 0 saturated carbocycles. The number of nitrogens with zero attached hydrogens (tertiary/aromatic N) is 1. The maximum atomic E-state index is 10.9. The largest absolute Gasteiger partial charge is 0.489 e. The molecule has 3 aromatic rings. The Bertz CT molecular complexity index is 825. The minimum absolute atomic E-state index is 0.0623. The Morgan fingerprint density at radius 2 is 1.96 bits per heavy atom. The summed E-state index contributed by atoms with van der Waals surface area (Å²) in [6.07, 6.45) is 0. The number of carbonyl (C=O) groups is 1. The number of carboxylic acid groups (broad SMARTS) is 1. The Morgan fingerprint density at radius 3 is 2.65 bits per heavy atom. The van der Waals surface area contributed by atoms with Gasteiger partial charge >= 0.3 is 5.97 Å². The lowest BCUT2D eigenvalue weighted by atomic mass is 10.1. The van der Waals surface area contributed by atoms with Gasteiger partial charge in [0, 0.05) is 5.56 Å². The van der Waals surface area contributed by atoms with Crippen molar-refractivity contribution in [3.8, 4) is 17.0 Å². The second-order valence-corrected chi connectivity index (χ2v) is 5.23. The van der Waals surface area contributed by atoms with Gasteiger partial charge in [0.1, 0.15) is 18.1 Å². The van der Waals surface area contributed by atoms with Gasteiger partial charge in [-0.15, -0.1) is 0 Å². The lowest BCUT2D eigenvalue weighted by Gasteiger charge is -2.10. The maximum Gasteiger partial charge on any atom is 0.353 e. The first-order chi connectivity index (χ1) is 11.1. The van der Waals surface area contributed by atoms with E-state index in [0.29, 0.717) is 12.3 Å². The molecule has 3 rings (SSSR count). The van der Waals surface area contributed by atoms with E-state index < -0.39 is 5.97 Å². The van der Waals surface area contributed by atoms with Crippen molar-refractivity contribution < 1.29 is 14.6 Å². The van der Waals surface area contributed by atoms with Gasteiger partial charge in [-0.3, -0.25) is 5.10 Å². The fourth-order valence-electron chi connectivity index (χ4n) is 2.23. The van der Waals surface area contributed by atoms with Crippen LogP contribution >= 0.6 is 0 Å². The van der Waals surface area contributed by atoms with Crippen molar-refractivity contribution in [1.29, 1.82) is 0 Å². The number of rotatable bonds is 5. The maximum absolute atomic E-state index is 10.9. The standard InChI is InChI=1S/C18H16N2O3/c1-12-7-8-14(15-10-16(18(21)22)20-19-15)9-17(12)23-11-13-5-3-2-4-6-13/h2-10H,11H2,1H3,(H,19,20)(H,21,22). The third-order valence-corrected chi connectivity index (χ3v) is 3.53. The van der Waals surface area contributed by atoms with Gasteiger partial charge in [0.15, 0.2) is 0 Å². The molecule has 1 aromatic heterocycles. The lowest BCUT2D eigenvalue weighted by Crippen LogP contribution is -1.97. The Balaban J connectivity index is 1.82. The van der Waals surface area contributed by atoms with E-state index in [4.69, 9.17) is 9.84 Å². The van der Waals surface area contributed by atoms with Crippen LogP contribution in [0.3, 0.4) is 0 Å². The molecule has 0 spiro atoms. The van der Waals surface area contributed by atoms with Crippen molar-refractivity contribution in [3.05, 3.63) is 71.4 Å².